The third-order valence-electron chi connectivity index (χ3n) is 5.23. The van der Waals surface area contributed by atoms with Gasteiger partial charge in [-0.1, -0.05) is 12.5 Å². The number of carboxylic acid groups (broad SMARTS) is 1. The number of anilines is 1. The summed E-state index contributed by atoms with van der Waals surface area (Å²) in [5.41, 5.74) is 1.17. The number of likely N-dealkylation sites (tertiary alicyclic amines) is 1. The average molecular weight is 395 g/mol. The highest BCUT2D eigenvalue weighted by molar-refractivity contribution is 7.89. The maximum atomic E-state index is 12.8. The van der Waals surface area contributed by atoms with E-state index in [2.05, 4.69) is 5.32 Å². The molecule has 3 rings (SSSR count). The first kappa shape index (κ1) is 19.6. The van der Waals surface area contributed by atoms with Gasteiger partial charge in [0, 0.05) is 31.9 Å². The summed E-state index contributed by atoms with van der Waals surface area (Å²) in [4.78, 5) is 25.1. The van der Waals surface area contributed by atoms with Gasteiger partial charge in [0.1, 0.15) is 0 Å². The van der Waals surface area contributed by atoms with Gasteiger partial charge in [0.25, 0.3) is 0 Å². The minimum atomic E-state index is -3.59. The summed E-state index contributed by atoms with van der Waals surface area (Å²) in [6.45, 7) is 3.35. The second-order valence-corrected chi connectivity index (χ2v) is 9.08. The molecule has 1 atom stereocenters. The normalized spacial score (nSPS) is 21.2. The number of nitrogens with zero attached hydrogens (tertiary/aromatic N) is 2. The quantitative estimate of drug-likeness (QED) is 0.812. The van der Waals surface area contributed by atoms with Crippen LogP contribution in [0, 0.1) is 12.8 Å². The van der Waals surface area contributed by atoms with Crippen LogP contribution in [0.4, 0.5) is 10.5 Å². The van der Waals surface area contributed by atoms with Gasteiger partial charge in [-0.05, 0) is 43.9 Å². The molecular weight excluding hydrogens is 370 g/mol. The molecule has 1 aromatic carbocycles. The van der Waals surface area contributed by atoms with E-state index in [1.165, 1.54) is 15.3 Å². The molecule has 9 heteroatoms. The van der Waals surface area contributed by atoms with E-state index in [0.29, 0.717) is 31.7 Å². The molecule has 2 saturated heterocycles. The second kappa shape index (κ2) is 7.85. The van der Waals surface area contributed by atoms with Crippen molar-refractivity contribution in [2.75, 3.05) is 31.5 Å². The summed E-state index contributed by atoms with van der Waals surface area (Å²) in [6, 6.07) is 4.32. The van der Waals surface area contributed by atoms with Crippen molar-refractivity contribution in [1.82, 2.24) is 9.21 Å². The SMILES string of the molecule is Cc1ccc(S(=O)(=O)N2CCCCC2)cc1NC(=O)N1CCC(C(=O)O)C1. The predicted octanol–water partition coefficient (Wildman–Crippen LogP) is 2.11. The standard InChI is InChI=1S/C18H25N3O5S/c1-13-5-6-15(27(25,26)21-8-3-2-4-9-21)11-16(13)19-18(24)20-10-7-14(12-20)17(22)23/h5-6,11,14H,2-4,7-10,12H2,1H3,(H,19,24)(H,22,23). The molecule has 27 heavy (non-hydrogen) atoms. The zero-order valence-electron chi connectivity index (χ0n) is 15.3. The van der Waals surface area contributed by atoms with Gasteiger partial charge in [0.15, 0.2) is 0 Å². The van der Waals surface area contributed by atoms with Crippen molar-refractivity contribution in [1.29, 1.82) is 0 Å². The van der Waals surface area contributed by atoms with Crippen LogP contribution < -0.4 is 5.32 Å². The van der Waals surface area contributed by atoms with Crippen molar-refractivity contribution < 1.29 is 23.1 Å². The molecule has 1 aromatic rings. The molecule has 0 aliphatic carbocycles. The lowest BCUT2D eigenvalue weighted by Crippen LogP contribution is -2.36. The Morgan fingerprint density at radius 3 is 2.48 bits per heavy atom. The molecule has 148 valence electrons. The molecule has 2 aliphatic heterocycles. The highest BCUT2D eigenvalue weighted by atomic mass is 32.2. The smallest absolute Gasteiger partial charge is 0.321 e. The molecule has 2 fully saturated rings. The van der Waals surface area contributed by atoms with Crippen molar-refractivity contribution >= 4 is 27.7 Å². The summed E-state index contributed by atoms with van der Waals surface area (Å²) in [5, 5.41) is 11.8. The summed E-state index contributed by atoms with van der Waals surface area (Å²) < 4.78 is 27.2. The van der Waals surface area contributed by atoms with Crippen molar-refractivity contribution in [2.24, 2.45) is 5.92 Å². The number of hydrogen-bond donors (Lipinski definition) is 2. The molecule has 0 spiro atoms. The van der Waals surface area contributed by atoms with Crippen LogP contribution in [0.5, 0.6) is 0 Å². The van der Waals surface area contributed by atoms with E-state index in [9.17, 15) is 18.0 Å². The highest BCUT2D eigenvalue weighted by Gasteiger charge is 2.31. The van der Waals surface area contributed by atoms with Crippen LogP contribution in [0.3, 0.4) is 0 Å². The van der Waals surface area contributed by atoms with E-state index in [1.807, 2.05) is 0 Å². The van der Waals surface area contributed by atoms with Crippen molar-refractivity contribution in [3.05, 3.63) is 23.8 Å². The Labute approximate surface area is 159 Å². The Kier molecular flexibility index (Phi) is 5.71. The first-order valence-electron chi connectivity index (χ1n) is 9.18. The van der Waals surface area contributed by atoms with Crippen LogP contribution in [-0.4, -0.2) is 60.9 Å². The molecule has 1 unspecified atom stereocenters. The van der Waals surface area contributed by atoms with Crippen LogP contribution in [-0.2, 0) is 14.8 Å². The lowest BCUT2D eigenvalue weighted by atomic mass is 10.1. The zero-order valence-corrected chi connectivity index (χ0v) is 16.2. The van der Waals surface area contributed by atoms with Gasteiger partial charge in [-0.15, -0.1) is 0 Å². The van der Waals surface area contributed by atoms with E-state index >= 15 is 0 Å². The van der Waals surface area contributed by atoms with Crippen LogP contribution in [0.2, 0.25) is 0 Å². The lowest BCUT2D eigenvalue weighted by molar-refractivity contribution is -0.141. The Morgan fingerprint density at radius 2 is 1.85 bits per heavy atom. The number of carbonyl (C=O) groups excluding carboxylic acids is 1. The third-order valence-corrected chi connectivity index (χ3v) is 7.12. The minimum absolute atomic E-state index is 0.159. The number of urea groups is 1. The number of amides is 2. The number of hydrogen-bond acceptors (Lipinski definition) is 4. The van der Waals surface area contributed by atoms with Crippen LogP contribution in [0.25, 0.3) is 0 Å². The van der Waals surface area contributed by atoms with E-state index in [1.54, 1.807) is 19.1 Å². The summed E-state index contributed by atoms with van der Waals surface area (Å²) >= 11 is 0. The van der Waals surface area contributed by atoms with Gasteiger partial charge < -0.3 is 15.3 Å². The number of aryl methyl sites for hydroxylation is 1. The monoisotopic (exact) mass is 395 g/mol. The van der Waals surface area contributed by atoms with E-state index in [-0.39, 0.29) is 11.4 Å². The molecule has 8 nitrogen and oxygen atoms in total. The third kappa shape index (κ3) is 4.24. The first-order valence-corrected chi connectivity index (χ1v) is 10.6. The lowest BCUT2D eigenvalue weighted by Gasteiger charge is -2.26. The van der Waals surface area contributed by atoms with Crippen molar-refractivity contribution in [2.45, 2.75) is 37.5 Å². The summed E-state index contributed by atoms with van der Waals surface area (Å²) in [7, 11) is -3.59. The fourth-order valence-corrected chi connectivity index (χ4v) is 5.03. The Hall–Kier alpha value is -2.13. The number of benzene rings is 1. The number of nitrogens with one attached hydrogen (secondary N) is 1. The van der Waals surface area contributed by atoms with Gasteiger partial charge in [-0.25, -0.2) is 13.2 Å². The summed E-state index contributed by atoms with van der Waals surface area (Å²) in [6.07, 6.45) is 3.17. The average Bonchev–Trinajstić information content (AvgIpc) is 3.15. The number of carboxylic acids is 1. The molecule has 0 aromatic heterocycles. The van der Waals surface area contributed by atoms with Crippen LogP contribution >= 0.6 is 0 Å². The molecule has 0 saturated carbocycles. The Balaban J connectivity index is 1.76. The molecule has 0 bridgehead atoms. The maximum absolute atomic E-state index is 12.8. The number of carbonyl (C=O) groups is 2. The fraction of sp³-hybridized carbons (Fsp3) is 0.556. The first-order chi connectivity index (χ1) is 12.8. The number of rotatable bonds is 4. The van der Waals surface area contributed by atoms with Crippen LogP contribution in [0.1, 0.15) is 31.2 Å². The molecule has 2 N–H and O–H groups in total. The number of sulfonamides is 1. The Morgan fingerprint density at radius 1 is 1.15 bits per heavy atom. The van der Waals surface area contributed by atoms with Gasteiger partial charge in [0.05, 0.1) is 10.8 Å². The fourth-order valence-electron chi connectivity index (χ4n) is 3.49. The van der Waals surface area contributed by atoms with E-state index < -0.39 is 27.9 Å². The minimum Gasteiger partial charge on any atom is -0.481 e. The summed E-state index contributed by atoms with van der Waals surface area (Å²) in [5.74, 6) is -1.46. The molecule has 2 amide bonds. The number of piperidine rings is 1. The maximum Gasteiger partial charge on any atom is 0.321 e. The van der Waals surface area contributed by atoms with Gasteiger partial charge in [-0.3, -0.25) is 4.79 Å². The van der Waals surface area contributed by atoms with Gasteiger partial charge in [0.2, 0.25) is 10.0 Å². The molecule has 0 radical (unpaired) electrons. The largest absolute Gasteiger partial charge is 0.481 e. The molecular formula is C18H25N3O5S. The van der Waals surface area contributed by atoms with Crippen LogP contribution in [0.15, 0.2) is 23.1 Å². The van der Waals surface area contributed by atoms with Gasteiger partial charge >= 0.3 is 12.0 Å². The van der Waals surface area contributed by atoms with E-state index in [4.69, 9.17) is 5.11 Å². The van der Waals surface area contributed by atoms with E-state index in [0.717, 1.165) is 24.8 Å². The zero-order chi connectivity index (χ0) is 19.6. The van der Waals surface area contributed by atoms with Crippen molar-refractivity contribution in [3.8, 4) is 0 Å². The number of aliphatic carboxylic acids is 1. The highest BCUT2D eigenvalue weighted by Crippen LogP contribution is 2.26. The second-order valence-electron chi connectivity index (χ2n) is 7.14. The predicted molar refractivity (Wildman–Crippen MR) is 100 cm³/mol. The Bertz CT molecular complexity index is 833. The molecule has 2 aliphatic rings. The van der Waals surface area contributed by atoms with Crippen molar-refractivity contribution in [3.63, 3.8) is 0 Å². The topological polar surface area (TPSA) is 107 Å². The van der Waals surface area contributed by atoms with Gasteiger partial charge in [-0.2, -0.15) is 4.31 Å². The molecule has 2 heterocycles.